The number of para-hydroxylation sites is 1. The number of hydrogen-bond donors (Lipinski definition) is 1. The van der Waals surface area contributed by atoms with Crippen LogP contribution in [0.4, 0.5) is 0 Å². The van der Waals surface area contributed by atoms with Crippen molar-refractivity contribution in [1.29, 1.82) is 0 Å². The quantitative estimate of drug-likeness (QED) is 0.319. The fourth-order valence-corrected chi connectivity index (χ4v) is 3.95. The highest BCUT2D eigenvalue weighted by Gasteiger charge is 2.19. The number of carbonyl (C=O) groups is 1. The molecule has 0 bridgehead atoms. The number of amides is 1. The second-order valence-corrected chi connectivity index (χ2v) is 8.71. The lowest BCUT2D eigenvalue weighted by Crippen LogP contribution is -2.20. The molecule has 0 aliphatic rings. The SMILES string of the molecule is COc1cccc(CC(=O)N/N=C/c2cccc(C)c2OS(=O)(=O)c2ccc(C)cc2)c1. The second-order valence-electron chi connectivity index (χ2n) is 7.17. The Balaban J connectivity index is 1.73. The number of aryl methyl sites for hydroxylation is 2. The molecule has 1 amide bonds. The van der Waals surface area contributed by atoms with Gasteiger partial charge in [-0.2, -0.15) is 13.5 Å². The van der Waals surface area contributed by atoms with Crippen LogP contribution in [0.25, 0.3) is 0 Å². The van der Waals surface area contributed by atoms with Crippen LogP contribution in [0.1, 0.15) is 22.3 Å². The van der Waals surface area contributed by atoms with Crippen molar-refractivity contribution in [2.75, 3.05) is 7.11 Å². The molecule has 0 saturated carbocycles. The van der Waals surface area contributed by atoms with Crippen LogP contribution in [0.2, 0.25) is 0 Å². The third-order valence-electron chi connectivity index (χ3n) is 4.64. The summed E-state index contributed by atoms with van der Waals surface area (Å²) < 4.78 is 36.0. The van der Waals surface area contributed by atoms with Gasteiger partial charge in [0, 0.05) is 5.56 Å². The molecule has 0 heterocycles. The first-order valence-electron chi connectivity index (χ1n) is 9.84. The first-order chi connectivity index (χ1) is 15.3. The van der Waals surface area contributed by atoms with Gasteiger partial charge >= 0.3 is 10.1 Å². The maximum Gasteiger partial charge on any atom is 0.339 e. The zero-order valence-electron chi connectivity index (χ0n) is 18.0. The van der Waals surface area contributed by atoms with Crippen molar-refractivity contribution in [1.82, 2.24) is 5.43 Å². The zero-order chi connectivity index (χ0) is 23.1. The smallest absolute Gasteiger partial charge is 0.339 e. The fourth-order valence-electron chi connectivity index (χ4n) is 2.93. The first-order valence-corrected chi connectivity index (χ1v) is 11.2. The van der Waals surface area contributed by atoms with E-state index in [1.165, 1.54) is 18.3 Å². The highest BCUT2D eigenvalue weighted by molar-refractivity contribution is 7.87. The van der Waals surface area contributed by atoms with E-state index in [4.69, 9.17) is 8.92 Å². The Hall–Kier alpha value is -3.65. The van der Waals surface area contributed by atoms with E-state index in [1.807, 2.05) is 13.0 Å². The molecule has 0 saturated heterocycles. The van der Waals surface area contributed by atoms with Gasteiger partial charge in [0.15, 0.2) is 5.75 Å². The first kappa shape index (κ1) is 23.0. The average Bonchev–Trinajstić information content (AvgIpc) is 2.76. The summed E-state index contributed by atoms with van der Waals surface area (Å²) in [5.41, 5.74) is 5.21. The van der Waals surface area contributed by atoms with Gasteiger partial charge in [-0.1, -0.05) is 42.0 Å². The van der Waals surface area contributed by atoms with Crippen molar-refractivity contribution in [3.8, 4) is 11.5 Å². The summed E-state index contributed by atoms with van der Waals surface area (Å²) in [7, 11) is -2.47. The Kier molecular flexibility index (Phi) is 7.27. The summed E-state index contributed by atoms with van der Waals surface area (Å²) in [6.45, 7) is 3.61. The van der Waals surface area contributed by atoms with Crippen molar-refractivity contribution in [2.24, 2.45) is 5.10 Å². The monoisotopic (exact) mass is 452 g/mol. The van der Waals surface area contributed by atoms with Gasteiger partial charge in [-0.25, -0.2) is 5.43 Å². The molecule has 3 aromatic rings. The molecular weight excluding hydrogens is 428 g/mol. The summed E-state index contributed by atoms with van der Waals surface area (Å²) in [6, 6.07) is 18.7. The molecule has 0 aromatic heterocycles. The Morgan fingerprint density at radius 2 is 1.75 bits per heavy atom. The van der Waals surface area contributed by atoms with E-state index in [0.717, 1.165) is 11.1 Å². The number of benzene rings is 3. The number of carbonyl (C=O) groups excluding carboxylic acids is 1. The molecule has 3 rings (SSSR count). The molecule has 0 aliphatic carbocycles. The van der Waals surface area contributed by atoms with Gasteiger partial charge in [-0.05, 0) is 55.3 Å². The number of rotatable bonds is 8. The third-order valence-corrected chi connectivity index (χ3v) is 5.87. The van der Waals surface area contributed by atoms with E-state index in [0.29, 0.717) is 16.9 Å². The van der Waals surface area contributed by atoms with Crippen LogP contribution in [0.5, 0.6) is 11.5 Å². The van der Waals surface area contributed by atoms with Gasteiger partial charge in [-0.3, -0.25) is 4.79 Å². The molecule has 1 N–H and O–H groups in total. The number of hydrogen-bond acceptors (Lipinski definition) is 6. The lowest BCUT2D eigenvalue weighted by Gasteiger charge is -2.12. The van der Waals surface area contributed by atoms with Crippen molar-refractivity contribution in [3.63, 3.8) is 0 Å². The predicted octanol–water partition coefficient (Wildman–Crippen LogP) is 3.77. The number of hydrazone groups is 1. The van der Waals surface area contributed by atoms with E-state index in [9.17, 15) is 13.2 Å². The molecule has 0 aliphatic heterocycles. The highest BCUT2D eigenvalue weighted by atomic mass is 32.2. The van der Waals surface area contributed by atoms with E-state index in [1.54, 1.807) is 62.6 Å². The van der Waals surface area contributed by atoms with E-state index in [-0.39, 0.29) is 23.0 Å². The van der Waals surface area contributed by atoms with Gasteiger partial charge in [0.1, 0.15) is 10.6 Å². The molecule has 0 radical (unpaired) electrons. The molecular formula is C24H24N2O5S. The van der Waals surface area contributed by atoms with Crippen molar-refractivity contribution >= 4 is 22.2 Å². The van der Waals surface area contributed by atoms with Crippen LogP contribution in [-0.2, 0) is 21.3 Å². The largest absolute Gasteiger partial charge is 0.497 e. The second kappa shape index (κ2) is 10.1. The summed E-state index contributed by atoms with van der Waals surface area (Å²) in [5.74, 6) is 0.492. The average molecular weight is 453 g/mol. The number of nitrogens with zero attached hydrogens (tertiary/aromatic N) is 1. The highest BCUT2D eigenvalue weighted by Crippen LogP contribution is 2.26. The molecule has 8 heteroatoms. The van der Waals surface area contributed by atoms with Crippen LogP contribution in [0.15, 0.2) is 76.7 Å². The summed E-state index contributed by atoms with van der Waals surface area (Å²) >= 11 is 0. The van der Waals surface area contributed by atoms with Crippen molar-refractivity contribution in [2.45, 2.75) is 25.2 Å². The predicted molar refractivity (Wildman–Crippen MR) is 123 cm³/mol. The van der Waals surface area contributed by atoms with E-state index < -0.39 is 10.1 Å². The van der Waals surface area contributed by atoms with Crippen LogP contribution in [-0.4, -0.2) is 27.6 Å². The summed E-state index contributed by atoms with van der Waals surface area (Å²) in [4.78, 5) is 12.3. The summed E-state index contributed by atoms with van der Waals surface area (Å²) in [6.07, 6.45) is 1.48. The Morgan fingerprint density at radius 1 is 1.03 bits per heavy atom. The molecule has 0 atom stereocenters. The molecule has 0 fully saturated rings. The van der Waals surface area contributed by atoms with Crippen molar-refractivity contribution in [3.05, 3.63) is 89.0 Å². The molecule has 0 unspecified atom stereocenters. The van der Waals surface area contributed by atoms with Gasteiger partial charge < -0.3 is 8.92 Å². The van der Waals surface area contributed by atoms with Gasteiger partial charge in [0.05, 0.1) is 19.7 Å². The van der Waals surface area contributed by atoms with Gasteiger partial charge in [0.2, 0.25) is 5.91 Å². The summed E-state index contributed by atoms with van der Waals surface area (Å²) in [5, 5.41) is 3.97. The molecule has 166 valence electrons. The minimum Gasteiger partial charge on any atom is -0.497 e. The van der Waals surface area contributed by atoms with Crippen molar-refractivity contribution < 1.29 is 22.1 Å². The molecule has 7 nitrogen and oxygen atoms in total. The Labute approximate surface area is 187 Å². The fraction of sp³-hybridized carbons (Fsp3) is 0.167. The lowest BCUT2D eigenvalue weighted by molar-refractivity contribution is -0.120. The van der Waals surface area contributed by atoms with Gasteiger partial charge in [0.25, 0.3) is 0 Å². The Morgan fingerprint density at radius 3 is 2.47 bits per heavy atom. The topological polar surface area (TPSA) is 94.1 Å². The Bertz CT molecular complexity index is 1240. The molecule has 32 heavy (non-hydrogen) atoms. The maximum absolute atomic E-state index is 12.7. The zero-order valence-corrected chi connectivity index (χ0v) is 18.8. The normalized spacial score (nSPS) is 11.3. The lowest BCUT2D eigenvalue weighted by atomic mass is 10.1. The number of ether oxygens (including phenoxy) is 1. The third kappa shape index (κ3) is 5.95. The van der Waals surface area contributed by atoms with Crippen LogP contribution >= 0.6 is 0 Å². The van der Waals surface area contributed by atoms with Crippen LogP contribution in [0, 0.1) is 13.8 Å². The standard InChI is InChI=1S/C24H24N2O5S/c1-17-10-12-22(13-11-17)32(28,29)31-24-18(2)6-4-8-20(24)16-25-26-23(27)15-19-7-5-9-21(14-19)30-3/h4-14,16H,15H2,1-3H3,(H,26,27)/b25-16+. The minimum absolute atomic E-state index is 0.0563. The molecule has 0 spiro atoms. The number of methoxy groups -OCH3 is 1. The van der Waals surface area contributed by atoms with Crippen LogP contribution in [0.3, 0.4) is 0 Å². The van der Waals surface area contributed by atoms with Crippen LogP contribution < -0.4 is 14.3 Å². The van der Waals surface area contributed by atoms with Gasteiger partial charge in [-0.15, -0.1) is 0 Å². The molecule has 3 aromatic carbocycles. The number of nitrogens with one attached hydrogen (secondary N) is 1. The van der Waals surface area contributed by atoms with E-state index >= 15 is 0 Å². The maximum atomic E-state index is 12.7. The van der Waals surface area contributed by atoms with E-state index in [2.05, 4.69) is 10.5 Å². The minimum atomic E-state index is -4.02.